The Bertz CT molecular complexity index is 720. The van der Waals surface area contributed by atoms with Crippen molar-refractivity contribution < 1.29 is 9.59 Å². The molecule has 0 aliphatic rings. The van der Waals surface area contributed by atoms with Crippen LogP contribution in [-0.4, -0.2) is 32.6 Å². The summed E-state index contributed by atoms with van der Waals surface area (Å²) in [4.78, 5) is 27.9. The topological polar surface area (TPSA) is 88.9 Å². The maximum absolute atomic E-state index is 12.3. The lowest BCUT2D eigenvalue weighted by molar-refractivity contribution is -0.126. The van der Waals surface area contributed by atoms with Crippen LogP contribution in [0.3, 0.4) is 0 Å². The van der Waals surface area contributed by atoms with Crippen LogP contribution in [0.2, 0.25) is 0 Å². The summed E-state index contributed by atoms with van der Waals surface area (Å²) in [5, 5.41) is 10.7. The molecule has 2 amide bonds. The van der Waals surface area contributed by atoms with E-state index >= 15 is 0 Å². The Labute approximate surface area is 129 Å². The molecule has 0 aliphatic heterocycles. The lowest BCUT2D eigenvalue weighted by Gasteiger charge is -2.20. The molecule has 22 heavy (non-hydrogen) atoms. The van der Waals surface area contributed by atoms with E-state index in [-0.39, 0.29) is 17.7 Å². The van der Waals surface area contributed by atoms with Crippen molar-refractivity contribution in [1.82, 2.24) is 20.1 Å². The number of anilines is 1. The summed E-state index contributed by atoms with van der Waals surface area (Å²) in [5.41, 5.74) is 2.20. The summed E-state index contributed by atoms with van der Waals surface area (Å²) in [6, 6.07) is 1.26. The van der Waals surface area contributed by atoms with Crippen molar-refractivity contribution in [3.63, 3.8) is 0 Å². The molecule has 118 valence electrons. The van der Waals surface area contributed by atoms with Gasteiger partial charge in [-0.2, -0.15) is 5.10 Å². The number of carbonyl (C=O) groups excluding carboxylic acids is 2. The first kappa shape index (κ1) is 15.9. The zero-order chi connectivity index (χ0) is 16.4. The predicted octanol–water partition coefficient (Wildman–Crippen LogP) is 1.38. The van der Waals surface area contributed by atoms with E-state index in [9.17, 15) is 9.59 Å². The summed E-state index contributed by atoms with van der Waals surface area (Å²) >= 11 is 0. The van der Waals surface area contributed by atoms with E-state index in [0.29, 0.717) is 5.69 Å². The van der Waals surface area contributed by atoms with E-state index in [2.05, 4.69) is 20.7 Å². The van der Waals surface area contributed by atoms with Gasteiger partial charge in [0, 0.05) is 19.4 Å². The number of hydrogen-bond donors (Lipinski definition) is 2. The molecule has 0 aliphatic carbocycles. The smallest absolute Gasteiger partial charge is 0.247 e. The van der Waals surface area contributed by atoms with Crippen molar-refractivity contribution in [1.29, 1.82) is 0 Å². The lowest BCUT2D eigenvalue weighted by Crippen LogP contribution is -2.46. The minimum absolute atomic E-state index is 0.0132. The molecule has 0 fully saturated rings. The van der Waals surface area contributed by atoms with Gasteiger partial charge < -0.3 is 10.6 Å². The number of amides is 2. The normalized spacial score (nSPS) is 12.5. The van der Waals surface area contributed by atoms with Gasteiger partial charge in [0.15, 0.2) is 5.65 Å². The first-order valence-electron chi connectivity index (χ1n) is 7.17. The van der Waals surface area contributed by atoms with Crippen molar-refractivity contribution in [2.75, 3.05) is 5.32 Å². The minimum atomic E-state index is -0.580. The fourth-order valence-electron chi connectivity index (χ4n) is 2.35. The van der Waals surface area contributed by atoms with E-state index in [4.69, 9.17) is 0 Å². The standard InChI is InChI=1S/C15H21N5O2/c1-8(2)13(17-10(4)21)15(22)18-11-6-12-9(3)19-20(5)14(12)16-7-11/h6-8,13H,1-5H3,(H,17,21)(H,18,22). The molecule has 7 heteroatoms. The summed E-state index contributed by atoms with van der Waals surface area (Å²) < 4.78 is 1.70. The highest BCUT2D eigenvalue weighted by Crippen LogP contribution is 2.19. The second-order valence-electron chi connectivity index (χ2n) is 5.72. The van der Waals surface area contributed by atoms with Gasteiger partial charge in [-0.1, -0.05) is 13.8 Å². The number of hydrogen-bond acceptors (Lipinski definition) is 4. The molecule has 2 N–H and O–H groups in total. The van der Waals surface area contributed by atoms with Crippen molar-refractivity contribution in [2.45, 2.75) is 33.7 Å². The number of carbonyl (C=O) groups is 2. The monoisotopic (exact) mass is 303 g/mol. The fourth-order valence-corrected chi connectivity index (χ4v) is 2.35. The van der Waals surface area contributed by atoms with Crippen LogP contribution in [0.1, 0.15) is 26.5 Å². The molecule has 0 aromatic carbocycles. The van der Waals surface area contributed by atoms with Crippen LogP contribution in [0, 0.1) is 12.8 Å². The molecule has 0 bridgehead atoms. The summed E-state index contributed by atoms with van der Waals surface area (Å²) in [7, 11) is 1.83. The highest BCUT2D eigenvalue weighted by atomic mass is 16.2. The van der Waals surface area contributed by atoms with Crippen LogP contribution < -0.4 is 10.6 Å². The van der Waals surface area contributed by atoms with Gasteiger partial charge in [0.05, 0.1) is 17.6 Å². The largest absolute Gasteiger partial charge is 0.344 e. The molecule has 0 radical (unpaired) electrons. The third-order valence-electron chi connectivity index (χ3n) is 3.44. The Morgan fingerprint density at radius 1 is 1.32 bits per heavy atom. The third-order valence-corrected chi connectivity index (χ3v) is 3.44. The summed E-state index contributed by atoms with van der Waals surface area (Å²) in [6.07, 6.45) is 1.59. The van der Waals surface area contributed by atoms with Crippen molar-refractivity contribution in [3.8, 4) is 0 Å². The van der Waals surface area contributed by atoms with Crippen molar-refractivity contribution in [2.24, 2.45) is 13.0 Å². The third kappa shape index (κ3) is 3.24. The van der Waals surface area contributed by atoms with E-state index in [0.717, 1.165) is 16.7 Å². The number of fused-ring (bicyclic) bond motifs is 1. The fraction of sp³-hybridized carbons (Fsp3) is 0.467. The molecule has 0 saturated carbocycles. The van der Waals surface area contributed by atoms with Crippen LogP contribution in [-0.2, 0) is 16.6 Å². The second-order valence-corrected chi connectivity index (χ2v) is 5.72. The average Bonchev–Trinajstić information content (AvgIpc) is 2.70. The highest BCUT2D eigenvalue weighted by molar-refractivity contribution is 5.98. The minimum Gasteiger partial charge on any atom is -0.344 e. The van der Waals surface area contributed by atoms with E-state index in [1.54, 1.807) is 10.9 Å². The van der Waals surface area contributed by atoms with E-state index in [1.807, 2.05) is 33.9 Å². The van der Waals surface area contributed by atoms with E-state index < -0.39 is 6.04 Å². The Hall–Kier alpha value is -2.44. The predicted molar refractivity (Wildman–Crippen MR) is 84.3 cm³/mol. The van der Waals surface area contributed by atoms with Gasteiger partial charge >= 0.3 is 0 Å². The number of nitrogens with zero attached hydrogens (tertiary/aromatic N) is 3. The molecular formula is C15H21N5O2. The first-order valence-corrected chi connectivity index (χ1v) is 7.17. The molecule has 0 spiro atoms. The quantitative estimate of drug-likeness (QED) is 0.893. The van der Waals surface area contributed by atoms with E-state index in [1.165, 1.54) is 6.92 Å². The Morgan fingerprint density at radius 3 is 2.59 bits per heavy atom. The molecule has 2 aromatic heterocycles. The van der Waals surface area contributed by atoms with Gasteiger partial charge in [-0.3, -0.25) is 14.3 Å². The molecule has 1 atom stereocenters. The summed E-state index contributed by atoms with van der Waals surface area (Å²) in [6.45, 7) is 7.05. The van der Waals surface area contributed by atoms with Gasteiger partial charge in [-0.25, -0.2) is 4.98 Å². The molecule has 0 saturated heterocycles. The average molecular weight is 303 g/mol. The number of rotatable bonds is 4. The zero-order valence-corrected chi connectivity index (χ0v) is 13.5. The van der Waals surface area contributed by atoms with Gasteiger partial charge in [0.25, 0.3) is 0 Å². The molecule has 1 unspecified atom stereocenters. The van der Waals surface area contributed by atoms with Crippen LogP contribution in [0.5, 0.6) is 0 Å². The van der Waals surface area contributed by atoms with Crippen molar-refractivity contribution >= 4 is 28.5 Å². The van der Waals surface area contributed by atoms with Crippen LogP contribution in [0.4, 0.5) is 5.69 Å². The van der Waals surface area contributed by atoms with Gasteiger partial charge in [0.1, 0.15) is 6.04 Å². The second kappa shape index (κ2) is 6.13. The number of pyridine rings is 1. The molecule has 7 nitrogen and oxygen atoms in total. The van der Waals surface area contributed by atoms with Gasteiger partial charge in [-0.15, -0.1) is 0 Å². The molecule has 2 heterocycles. The number of aromatic nitrogens is 3. The molecular weight excluding hydrogens is 282 g/mol. The first-order chi connectivity index (χ1) is 10.3. The number of nitrogens with one attached hydrogen (secondary N) is 2. The van der Waals surface area contributed by atoms with Crippen LogP contribution >= 0.6 is 0 Å². The molecule has 2 rings (SSSR count). The Kier molecular flexibility index (Phi) is 4.44. The lowest BCUT2D eigenvalue weighted by atomic mass is 10.0. The number of aryl methyl sites for hydroxylation is 2. The van der Waals surface area contributed by atoms with Crippen LogP contribution in [0.25, 0.3) is 11.0 Å². The summed E-state index contributed by atoms with van der Waals surface area (Å²) in [5.74, 6) is -0.501. The Morgan fingerprint density at radius 2 is 2.00 bits per heavy atom. The van der Waals surface area contributed by atoms with Gasteiger partial charge in [0.2, 0.25) is 11.8 Å². The van der Waals surface area contributed by atoms with Crippen molar-refractivity contribution in [3.05, 3.63) is 18.0 Å². The highest BCUT2D eigenvalue weighted by Gasteiger charge is 2.23. The van der Waals surface area contributed by atoms with Gasteiger partial charge in [-0.05, 0) is 18.9 Å². The SMILES string of the molecule is CC(=O)NC(C(=O)Nc1cnc2c(c1)c(C)nn2C)C(C)C. The maximum Gasteiger partial charge on any atom is 0.247 e. The molecule has 2 aromatic rings. The zero-order valence-electron chi connectivity index (χ0n) is 13.5. The maximum atomic E-state index is 12.3. The Balaban J connectivity index is 2.23. The van der Waals surface area contributed by atoms with Crippen LogP contribution in [0.15, 0.2) is 12.3 Å².